The Morgan fingerprint density at radius 2 is 1.90 bits per heavy atom. The van der Waals surface area contributed by atoms with Crippen LogP contribution in [-0.4, -0.2) is 17.4 Å². The summed E-state index contributed by atoms with van der Waals surface area (Å²) < 4.78 is 1.71. The zero-order valence-corrected chi connectivity index (χ0v) is 14.8. The van der Waals surface area contributed by atoms with Crippen LogP contribution in [0.2, 0.25) is 0 Å². The molecule has 2 rings (SSSR count). The Morgan fingerprint density at radius 1 is 1.19 bits per heavy atom. The van der Waals surface area contributed by atoms with Crippen molar-refractivity contribution in [3.63, 3.8) is 0 Å². The molecule has 2 N–H and O–H groups in total. The fourth-order valence-corrected chi connectivity index (χ4v) is 3.26. The number of carbonyl (C=O) groups is 1. The van der Waals surface area contributed by atoms with Crippen LogP contribution in [0.5, 0.6) is 0 Å². The molecule has 0 atom stereocenters. The monoisotopic (exact) mass is 410 g/mol. The minimum absolute atomic E-state index is 0.0138. The van der Waals surface area contributed by atoms with Gasteiger partial charge in [-0.05, 0) is 52.7 Å². The van der Waals surface area contributed by atoms with Crippen LogP contribution in [0.1, 0.15) is 22.8 Å². The van der Waals surface area contributed by atoms with E-state index in [1.54, 1.807) is 4.90 Å². The maximum Gasteiger partial charge on any atom is 0.255 e. The van der Waals surface area contributed by atoms with Crippen LogP contribution in [0.4, 0.5) is 5.69 Å². The predicted molar refractivity (Wildman–Crippen MR) is 93.1 cm³/mol. The van der Waals surface area contributed by atoms with E-state index in [4.69, 9.17) is 5.73 Å². The lowest BCUT2D eigenvalue weighted by Gasteiger charge is -2.22. The zero-order chi connectivity index (χ0) is 15.4. The summed E-state index contributed by atoms with van der Waals surface area (Å²) in [6.07, 6.45) is 0. The highest BCUT2D eigenvalue weighted by molar-refractivity contribution is 9.11. The van der Waals surface area contributed by atoms with Gasteiger partial charge in [-0.1, -0.05) is 34.1 Å². The van der Waals surface area contributed by atoms with E-state index in [0.717, 1.165) is 14.5 Å². The van der Waals surface area contributed by atoms with Gasteiger partial charge in [-0.2, -0.15) is 0 Å². The molecule has 0 aromatic heterocycles. The Bertz CT molecular complexity index is 658. The van der Waals surface area contributed by atoms with E-state index in [2.05, 4.69) is 31.9 Å². The number of nitrogen functional groups attached to an aromatic ring is 1. The smallest absolute Gasteiger partial charge is 0.255 e. The summed E-state index contributed by atoms with van der Waals surface area (Å²) >= 11 is 6.83. The highest BCUT2D eigenvalue weighted by atomic mass is 79.9. The molecule has 0 aliphatic rings. The lowest BCUT2D eigenvalue weighted by atomic mass is 10.1. The molecular weight excluding hydrogens is 396 g/mol. The van der Waals surface area contributed by atoms with Crippen molar-refractivity contribution < 1.29 is 4.79 Å². The molecule has 3 nitrogen and oxygen atoms in total. The number of hydrogen-bond donors (Lipinski definition) is 1. The van der Waals surface area contributed by atoms with E-state index in [-0.39, 0.29) is 5.91 Å². The van der Waals surface area contributed by atoms with Crippen molar-refractivity contribution in [2.45, 2.75) is 13.5 Å². The summed E-state index contributed by atoms with van der Waals surface area (Å²) in [5, 5.41) is 0. The average molecular weight is 412 g/mol. The van der Waals surface area contributed by atoms with Gasteiger partial charge in [0, 0.05) is 27.7 Å². The highest BCUT2D eigenvalue weighted by Crippen LogP contribution is 2.24. The Hall–Kier alpha value is -1.33. The zero-order valence-electron chi connectivity index (χ0n) is 11.6. The molecule has 0 bridgehead atoms. The molecular formula is C16H16Br2N2O. The molecule has 21 heavy (non-hydrogen) atoms. The Labute approximate surface area is 141 Å². The minimum Gasteiger partial charge on any atom is -0.398 e. The number of amides is 1. The standard InChI is InChI=1S/C16H16Br2N2O/c1-2-20(10-11-5-3-4-6-15(11)19)16(21)13-8-7-12(17)9-14(13)18/h3-9H,2,10,19H2,1H3. The quantitative estimate of drug-likeness (QED) is 0.755. The van der Waals surface area contributed by atoms with Gasteiger partial charge >= 0.3 is 0 Å². The van der Waals surface area contributed by atoms with Crippen molar-refractivity contribution >= 4 is 43.5 Å². The first kappa shape index (κ1) is 16.0. The third-order valence-corrected chi connectivity index (χ3v) is 4.40. The topological polar surface area (TPSA) is 46.3 Å². The molecule has 0 saturated heterocycles. The maximum absolute atomic E-state index is 12.7. The van der Waals surface area contributed by atoms with Crippen LogP contribution in [0, 0.1) is 0 Å². The molecule has 2 aromatic carbocycles. The fourth-order valence-electron chi connectivity index (χ4n) is 2.04. The predicted octanol–water partition coefficient (Wildman–Crippen LogP) is 4.46. The average Bonchev–Trinajstić information content (AvgIpc) is 2.46. The minimum atomic E-state index is -0.0138. The van der Waals surface area contributed by atoms with Gasteiger partial charge < -0.3 is 10.6 Å². The van der Waals surface area contributed by atoms with Crippen LogP contribution >= 0.6 is 31.9 Å². The third-order valence-electron chi connectivity index (χ3n) is 3.25. The number of anilines is 1. The van der Waals surface area contributed by atoms with E-state index < -0.39 is 0 Å². The van der Waals surface area contributed by atoms with Gasteiger partial charge in [-0.15, -0.1) is 0 Å². The number of hydrogen-bond acceptors (Lipinski definition) is 2. The van der Waals surface area contributed by atoms with Gasteiger partial charge in [0.25, 0.3) is 5.91 Å². The summed E-state index contributed by atoms with van der Waals surface area (Å²) in [4.78, 5) is 14.4. The normalized spacial score (nSPS) is 10.4. The second kappa shape index (κ2) is 7.09. The maximum atomic E-state index is 12.7. The number of halogens is 2. The highest BCUT2D eigenvalue weighted by Gasteiger charge is 2.18. The molecule has 2 aromatic rings. The van der Waals surface area contributed by atoms with Crippen molar-refractivity contribution in [2.24, 2.45) is 0 Å². The van der Waals surface area contributed by atoms with E-state index in [0.29, 0.717) is 24.3 Å². The molecule has 110 valence electrons. The van der Waals surface area contributed by atoms with Crippen LogP contribution in [0.3, 0.4) is 0 Å². The molecule has 0 heterocycles. The summed E-state index contributed by atoms with van der Waals surface area (Å²) in [5.41, 5.74) is 8.27. The molecule has 0 spiro atoms. The molecule has 0 aliphatic carbocycles. The second-order valence-electron chi connectivity index (χ2n) is 4.64. The van der Waals surface area contributed by atoms with E-state index in [1.165, 1.54) is 0 Å². The Kier molecular flexibility index (Phi) is 5.42. The number of carbonyl (C=O) groups excluding carboxylic acids is 1. The molecule has 5 heteroatoms. The SMILES string of the molecule is CCN(Cc1ccccc1N)C(=O)c1ccc(Br)cc1Br. The molecule has 0 aliphatic heterocycles. The molecule has 0 saturated carbocycles. The van der Waals surface area contributed by atoms with Crippen LogP contribution in [0.15, 0.2) is 51.4 Å². The first-order chi connectivity index (χ1) is 10.0. The van der Waals surface area contributed by atoms with Crippen LogP contribution < -0.4 is 5.73 Å². The van der Waals surface area contributed by atoms with Gasteiger partial charge in [0.2, 0.25) is 0 Å². The Balaban J connectivity index is 2.25. The van der Waals surface area contributed by atoms with Crippen molar-refractivity contribution in [1.82, 2.24) is 4.90 Å². The lowest BCUT2D eigenvalue weighted by molar-refractivity contribution is 0.0752. The van der Waals surface area contributed by atoms with E-state index in [1.807, 2.05) is 49.4 Å². The fraction of sp³-hybridized carbons (Fsp3) is 0.188. The van der Waals surface area contributed by atoms with Gasteiger partial charge in [0.15, 0.2) is 0 Å². The summed E-state index contributed by atoms with van der Waals surface area (Å²) in [5.74, 6) is -0.0138. The van der Waals surface area contributed by atoms with Gasteiger partial charge in [-0.25, -0.2) is 0 Å². The van der Waals surface area contributed by atoms with Crippen LogP contribution in [-0.2, 0) is 6.54 Å². The van der Waals surface area contributed by atoms with Crippen molar-refractivity contribution in [3.05, 3.63) is 62.5 Å². The van der Waals surface area contributed by atoms with E-state index >= 15 is 0 Å². The van der Waals surface area contributed by atoms with Gasteiger partial charge in [-0.3, -0.25) is 4.79 Å². The molecule has 0 unspecified atom stereocenters. The summed E-state index contributed by atoms with van der Waals surface area (Å²) in [6.45, 7) is 3.09. The van der Waals surface area contributed by atoms with Crippen molar-refractivity contribution in [1.29, 1.82) is 0 Å². The van der Waals surface area contributed by atoms with Crippen LogP contribution in [0.25, 0.3) is 0 Å². The molecule has 0 radical (unpaired) electrons. The Morgan fingerprint density at radius 3 is 2.52 bits per heavy atom. The van der Waals surface area contributed by atoms with E-state index in [9.17, 15) is 4.79 Å². The lowest BCUT2D eigenvalue weighted by Crippen LogP contribution is -2.30. The number of rotatable bonds is 4. The number of benzene rings is 2. The number of nitrogens with zero attached hydrogens (tertiary/aromatic N) is 1. The van der Waals surface area contributed by atoms with Gasteiger partial charge in [0.05, 0.1) is 5.56 Å². The molecule has 1 amide bonds. The first-order valence-corrected chi connectivity index (χ1v) is 8.19. The summed E-state index contributed by atoms with van der Waals surface area (Å²) in [6, 6.07) is 13.2. The summed E-state index contributed by atoms with van der Waals surface area (Å²) in [7, 11) is 0. The first-order valence-electron chi connectivity index (χ1n) is 6.60. The number of para-hydroxylation sites is 1. The second-order valence-corrected chi connectivity index (χ2v) is 6.41. The molecule has 0 fully saturated rings. The number of nitrogens with two attached hydrogens (primary N) is 1. The van der Waals surface area contributed by atoms with Crippen molar-refractivity contribution in [3.8, 4) is 0 Å². The third kappa shape index (κ3) is 3.86. The van der Waals surface area contributed by atoms with Gasteiger partial charge in [0.1, 0.15) is 0 Å². The largest absolute Gasteiger partial charge is 0.398 e. The van der Waals surface area contributed by atoms with Crippen molar-refractivity contribution in [2.75, 3.05) is 12.3 Å².